The monoisotopic (exact) mass is 89.1 g/mol. The lowest BCUT2D eigenvalue weighted by atomic mass is 10.4. The maximum atomic E-state index is 9.38. The van der Waals surface area contributed by atoms with Gasteiger partial charge in [0.1, 0.15) is 0 Å². The number of nitrogens with two attached hydrogens (primary N) is 1. The topological polar surface area (TPSA) is 61.1 Å². The molecule has 0 aliphatic rings. The molecular formula is C3H9N2O-. The molecule has 0 aromatic carbocycles. The Labute approximate surface area is 37.1 Å². The first-order valence-electron chi connectivity index (χ1n) is 1.97. The molecule has 0 bridgehead atoms. The van der Waals surface area contributed by atoms with Crippen LogP contribution >= 0.6 is 0 Å². The van der Waals surface area contributed by atoms with Crippen LogP contribution in [0.5, 0.6) is 0 Å². The second-order valence-electron chi connectivity index (χ2n) is 1.04. The van der Waals surface area contributed by atoms with Crippen molar-refractivity contribution in [2.45, 2.75) is 6.42 Å². The van der Waals surface area contributed by atoms with Crippen LogP contribution in [0.1, 0.15) is 6.42 Å². The second-order valence-corrected chi connectivity index (χ2v) is 1.04. The van der Waals surface area contributed by atoms with E-state index in [-0.39, 0.29) is 0 Å². The Morgan fingerprint density at radius 1 is 1.67 bits per heavy atom. The lowest BCUT2D eigenvalue weighted by Gasteiger charge is -2.02. The van der Waals surface area contributed by atoms with Crippen LogP contribution in [0.2, 0.25) is 0 Å². The maximum Gasteiger partial charge on any atom is -0.00655 e. The molecule has 0 aromatic heterocycles. The van der Waals surface area contributed by atoms with Crippen molar-refractivity contribution in [2.24, 2.45) is 5.73 Å². The average molecular weight is 89.1 g/mol. The normalized spacial score (nSPS) is 9.00. The van der Waals surface area contributed by atoms with Crippen molar-refractivity contribution in [3.8, 4) is 0 Å². The van der Waals surface area contributed by atoms with Gasteiger partial charge in [-0.2, -0.15) is 0 Å². The van der Waals surface area contributed by atoms with Crippen molar-refractivity contribution in [1.82, 2.24) is 5.48 Å². The van der Waals surface area contributed by atoms with Gasteiger partial charge in [0.05, 0.1) is 0 Å². The minimum absolute atomic E-state index is 0.483. The van der Waals surface area contributed by atoms with Gasteiger partial charge >= 0.3 is 0 Å². The Morgan fingerprint density at radius 3 is 2.50 bits per heavy atom. The van der Waals surface area contributed by atoms with E-state index in [1.165, 1.54) is 0 Å². The molecule has 0 atom stereocenters. The van der Waals surface area contributed by atoms with Crippen LogP contribution in [0.25, 0.3) is 0 Å². The van der Waals surface area contributed by atoms with E-state index >= 15 is 0 Å². The molecule has 0 rings (SSSR count). The SMILES string of the molecule is NCCCN[O-]. The molecule has 38 valence electrons. The van der Waals surface area contributed by atoms with E-state index < -0.39 is 0 Å². The number of hydrogen-bond acceptors (Lipinski definition) is 3. The quantitative estimate of drug-likeness (QED) is 0.359. The van der Waals surface area contributed by atoms with Crippen LogP contribution in [0.4, 0.5) is 0 Å². The van der Waals surface area contributed by atoms with Crippen molar-refractivity contribution in [3.63, 3.8) is 0 Å². The van der Waals surface area contributed by atoms with Crippen LogP contribution in [0, 0.1) is 5.21 Å². The summed E-state index contributed by atoms with van der Waals surface area (Å²) in [5.74, 6) is 0. The summed E-state index contributed by atoms with van der Waals surface area (Å²) in [7, 11) is 0. The van der Waals surface area contributed by atoms with E-state index in [0.717, 1.165) is 6.42 Å². The molecule has 0 aliphatic carbocycles. The van der Waals surface area contributed by atoms with Crippen LogP contribution in [0.15, 0.2) is 0 Å². The van der Waals surface area contributed by atoms with Gasteiger partial charge in [-0.15, -0.1) is 0 Å². The Balaban J connectivity index is 2.34. The van der Waals surface area contributed by atoms with Gasteiger partial charge in [-0.05, 0) is 19.5 Å². The van der Waals surface area contributed by atoms with Gasteiger partial charge in [0, 0.05) is 0 Å². The van der Waals surface area contributed by atoms with Gasteiger partial charge in [-0.25, -0.2) is 0 Å². The van der Waals surface area contributed by atoms with Crippen molar-refractivity contribution >= 4 is 0 Å². The van der Waals surface area contributed by atoms with Crippen LogP contribution in [0.3, 0.4) is 0 Å². The molecule has 0 saturated carbocycles. The van der Waals surface area contributed by atoms with Crippen molar-refractivity contribution in [3.05, 3.63) is 5.21 Å². The minimum atomic E-state index is 0.483. The van der Waals surface area contributed by atoms with E-state index in [9.17, 15) is 5.21 Å². The number of nitrogens with one attached hydrogen (secondary N) is 1. The van der Waals surface area contributed by atoms with E-state index in [2.05, 4.69) is 0 Å². The molecule has 0 amide bonds. The Hall–Kier alpha value is -0.120. The first-order chi connectivity index (χ1) is 2.91. The number of hydroxylamine groups is 1. The van der Waals surface area contributed by atoms with Gasteiger partial charge in [0.2, 0.25) is 0 Å². The van der Waals surface area contributed by atoms with Crippen molar-refractivity contribution in [2.75, 3.05) is 13.1 Å². The molecular weight excluding hydrogens is 80.0 g/mol. The van der Waals surface area contributed by atoms with Crippen molar-refractivity contribution < 1.29 is 0 Å². The first-order valence-corrected chi connectivity index (χ1v) is 1.97. The minimum Gasteiger partial charge on any atom is -0.788 e. The molecule has 3 heteroatoms. The summed E-state index contributed by atoms with van der Waals surface area (Å²) >= 11 is 0. The number of rotatable bonds is 3. The molecule has 3 N–H and O–H groups in total. The average Bonchev–Trinajstić information content (AvgIpc) is 1.61. The Bertz CT molecular complexity index is 20.8. The largest absolute Gasteiger partial charge is 0.788 e. The highest BCUT2D eigenvalue weighted by atomic mass is 16.5. The summed E-state index contributed by atoms with van der Waals surface area (Å²) in [6.45, 7) is 1.08. The zero-order valence-electron chi connectivity index (χ0n) is 3.61. The van der Waals surface area contributed by atoms with E-state index in [1.54, 1.807) is 5.48 Å². The molecule has 0 radical (unpaired) electrons. The fourth-order valence-corrected chi connectivity index (χ4v) is 0.174. The van der Waals surface area contributed by atoms with Gasteiger partial charge in [0.25, 0.3) is 0 Å². The van der Waals surface area contributed by atoms with Crippen LogP contribution < -0.4 is 11.2 Å². The summed E-state index contributed by atoms with van der Waals surface area (Å²) in [6.07, 6.45) is 0.767. The molecule has 0 spiro atoms. The van der Waals surface area contributed by atoms with Gasteiger partial charge < -0.3 is 16.4 Å². The molecule has 3 nitrogen and oxygen atoms in total. The fourth-order valence-electron chi connectivity index (χ4n) is 0.174. The second kappa shape index (κ2) is 4.88. The van der Waals surface area contributed by atoms with E-state index in [1.807, 2.05) is 0 Å². The third kappa shape index (κ3) is 3.88. The fraction of sp³-hybridized carbons (Fsp3) is 1.00. The lowest BCUT2D eigenvalue weighted by Crippen LogP contribution is -2.10. The van der Waals surface area contributed by atoms with Gasteiger partial charge in [-0.3, -0.25) is 0 Å². The zero-order valence-corrected chi connectivity index (χ0v) is 3.61. The molecule has 0 heterocycles. The van der Waals surface area contributed by atoms with Crippen LogP contribution in [-0.2, 0) is 0 Å². The molecule has 0 fully saturated rings. The molecule has 6 heavy (non-hydrogen) atoms. The summed E-state index contributed by atoms with van der Waals surface area (Å²) in [4.78, 5) is 0. The summed E-state index contributed by atoms with van der Waals surface area (Å²) in [5.41, 5.74) is 6.77. The standard InChI is InChI=1S/C3H9N2O/c4-2-1-3-5-6/h5H,1-4H2/q-1. The van der Waals surface area contributed by atoms with E-state index in [4.69, 9.17) is 5.73 Å². The van der Waals surface area contributed by atoms with Crippen LogP contribution in [-0.4, -0.2) is 13.1 Å². The Morgan fingerprint density at radius 2 is 2.33 bits per heavy atom. The smallest absolute Gasteiger partial charge is 0.00655 e. The van der Waals surface area contributed by atoms with Crippen molar-refractivity contribution in [1.29, 1.82) is 0 Å². The maximum absolute atomic E-state index is 9.38. The highest BCUT2D eigenvalue weighted by Gasteiger charge is 1.70. The third-order valence-electron chi connectivity index (χ3n) is 0.483. The van der Waals surface area contributed by atoms with E-state index in [0.29, 0.717) is 13.1 Å². The highest BCUT2D eigenvalue weighted by molar-refractivity contribution is 4.43. The first kappa shape index (κ1) is 5.88. The number of hydrogen-bond donors (Lipinski definition) is 2. The lowest BCUT2D eigenvalue weighted by molar-refractivity contribution is 0.764. The Kier molecular flexibility index (Phi) is 4.78. The predicted molar refractivity (Wildman–Crippen MR) is 25.0 cm³/mol. The highest BCUT2D eigenvalue weighted by Crippen LogP contribution is 1.63. The molecule has 0 saturated heterocycles. The predicted octanol–water partition coefficient (Wildman–Crippen LogP) is -0.577. The molecule has 0 aliphatic heterocycles. The summed E-state index contributed by atoms with van der Waals surface area (Å²) < 4.78 is 0. The zero-order chi connectivity index (χ0) is 4.83. The molecule has 0 unspecified atom stereocenters. The summed E-state index contributed by atoms with van der Waals surface area (Å²) in [6, 6.07) is 0. The third-order valence-corrected chi connectivity index (χ3v) is 0.483. The summed E-state index contributed by atoms with van der Waals surface area (Å²) in [5, 5.41) is 9.38. The van der Waals surface area contributed by atoms with Gasteiger partial charge in [-0.1, -0.05) is 0 Å². The van der Waals surface area contributed by atoms with Gasteiger partial charge in [0.15, 0.2) is 0 Å². The molecule has 0 aromatic rings.